The molecule has 0 unspecified atom stereocenters. The van der Waals surface area contributed by atoms with Crippen molar-refractivity contribution in [1.29, 1.82) is 21.0 Å². The summed E-state index contributed by atoms with van der Waals surface area (Å²) < 4.78 is 5.91. The second-order valence-electron chi connectivity index (χ2n) is 15.5. The Morgan fingerprint density at radius 3 is 1.17 bits per heavy atom. The van der Waals surface area contributed by atoms with E-state index in [1.807, 2.05) is 71.2 Å². The second-order valence-corrected chi connectivity index (χ2v) is 22.0. The monoisotopic (exact) mass is 928 g/mol. The van der Waals surface area contributed by atoms with Gasteiger partial charge >= 0.3 is 0 Å². The SMILES string of the molecule is Cc1cccc(C)c1-c1cc2c3cc(-c4ccc(/C=c5/ccc(=C(C#N)C#N)s5)s4)sc3c(-c3c(C)cccc3C)cc2c2cc(-c3ccc(/C=c4/ccc(=C(C#N)C#N)s4)s3)sc12. The van der Waals surface area contributed by atoms with Crippen molar-refractivity contribution in [1.82, 2.24) is 0 Å². The van der Waals surface area contributed by atoms with Gasteiger partial charge in [-0.3, -0.25) is 0 Å². The van der Waals surface area contributed by atoms with E-state index in [2.05, 4.69) is 125 Å². The first kappa shape index (κ1) is 41.3. The van der Waals surface area contributed by atoms with Crippen molar-refractivity contribution in [2.45, 2.75) is 27.7 Å². The molecule has 6 heterocycles. The number of aryl methyl sites for hydroxylation is 4. The van der Waals surface area contributed by atoms with E-state index >= 15 is 0 Å². The van der Waals surface area contributed by atoms with E-state index in [0.717, 1.165) is 18.8 Å². The fourth-order valence-corrected chi connectivity index (χ4v) is 14.9. The van der Waals surface area contributed by atoms with E-state index in [4.69, 9.17) is 0 Å². The Labute approximate surface area is 393 Å². The smallest absolute Gasteiger partial charge is 0.146 e. The van der Waals surface area contributed by atoms with Gasteiger partial charge in [-0.1, -0.05) is 36.4 Å². The van der Waals surface area contributed by atoms with Gasteiger partial charge in [0.05, 0.1) is 9.06 Å². The Balaban J connectivity index is 1.20. The lowest BCUT2D eigenvalue weighted by molar-refractivity contribution is 1.39. The zero-order valence-electron chi connectivity index (χ0n) is 34.8. The van der Waals surface area contributed by atoms with Crippen molar-refractivity contribution in [3.63, 3.8) is 0 Å². The molecule has 0 N–H and O–H groups in total. The van der Waals surface area contributed by atoms with Crippen LogP contribution in [0.1, 0.15) is 32.0 Å². The van der Waals surface area contributed by atoms with Crippen LogP contribution in [0.15, 0.2) is 109 Å². The van der Waals surface area contributed by atoms with Gasteiger partial charge in [0.15, 0.2) is 0 Å². The molecular weight excluding hydrogens is 897 g/mol. The lowest BCUT2D eigenvalue weighted by Gasteiger charge is -2.16. The molecule has 0 bridgehead atoms. The summed E-state index contributed by atoms with van der Waals surface area (Å²) in [5.74, 6) is 0. The van der Waals surface area contributed by atoms with Gasteiger partial charge in [-0.15, -0.1) is 68.0 Å². The van der Waals surface area contributed by atoms with Crippen molar-refractivity contribution in [2.75, 3.05) is 0 Å². The van der Waals surface area contributed by atoms with Crippen LogP contribution in [0.4, 0.5) is 0 Å². The molecular formula is C54H32N4S6. The maximum absolute atomic E-state index is 9.40. The summed E-state index contributed by atoms with van der Waals surface area (Å²) in [5, 5.41) is 42.5. The van der Waals surface area contributed by atoms with E-state index < -0.39 is 0 Å². The largest absolute Gasteiger partial charge is 0.192 e. The topological polar surface area (TPSA) is 95.2 Å². The highest BCUT2D eigenvalue weighted by molar-refractivity contribution is 7.27. The second kappa shape index (κ2) is 16.8. The molecule has 4 aromatic carbocycles. The molecule has 10 heteroatoms. The normalized spacial score (nSPS) is 11.9. The van der Waals surface area contributed by atoms with E-state index in [1.165, 1.54) is 118 Å². The van der Waals surface area contributed by atoms with Crippen LogP contribution in [0.2, 0.25) is 0 Å². The number of hydrogen-bond donors (Lipinski definition) is 0. The molecule has 0 saturated carbocycles. The van der Waals surface area contributed by atoms with Crippen LogP contribution in [0.25, 0.3) is 96.0 Å². The first-order chi connectivity index (χ1) is 31.1. The average molecular weight is 929 g/mol. The van der Waals surface area contributed by atoms with Gasteiger partial charge in [-0.25, -0.2) is 0 Å². The van der Waals surface area contributed by atoms with Crippen molar-refractivity contribution in [2.24, 2.45) is 0 Å². The molecule has 64 heavy (non-hydrogen) atoms. The molecule has 0 aliphatic carbocycles. The summed E-state index contributed by atoms with van der Waals surface area (Å²) >= 11 is 10.1. The number of nitrogens with zero attached hydrogens (tertiary/aromatic N) is 4. The number of rotatable bonds is 6. The molecule has 0 radical (unpaired) electrons. The van der Waals surface area contributed by atoms with Crippen LogP contribution in [0.5, 0.6) is 0 Å². The van der Waals surface area contributed by atoms with Gasteiger partial charge in [-0.2, -0.15) is 21.0 Å². The number of hydrogen-bond acceptors (Lipinski definition) is 10. The molecule has 10 rings (SSSR count). The quantitative estimate of drug-likeness (QED) is 0.166. The minimum Gasteiger partial charge on any atom is -0.192 e. The lowest BCUT2D eigenvalue weighted by atomic mass is 9.88. The van der Waals surface area contributed by atoms with Crippen molar-refractivity contribution in [3.8, 4) is 66.0 Å². The number of benzene rings is 4. The van der Waals surface area contributed by atoms with Crippen LogP contribution in [0, 0.1) is 73.0 Å². The highest BCUT2D eigenvalue weighted by Gasteiger charge is 2.22. The standard InChI is InChI=1S/C54H32N4S6/c1-29-7-5-8-30(2)51(29)43-21-39-40(41-23-49(63-53(41)43)47-17-13-37(61-47)19-35-11-15-45(59-35)33(25-55)26-56)22-44(52-31(3)9-6-10-32(52)4)54-42(39)24-50(64-54)48-18-14-38(62-48)20-36-12-16-46(60-36)34(27-57)28-58/h5-24H,1-4H3/b35-19-,36-20-. The zero-order chi connectivity index (χ0) is 44.2. The summed E-state index contributed by atoms with van der Waals surface area (Å²) in [6, 6.07) is 47.3. The third-order valence-corrected chi connectivity index (χ3v) is 18.3. The van der Waals surface area contributed by atoms with Gasteiger partial charge in [0.2, 0.25) is 0 Å². The maximum Gasteiger partial charge on any atom is 0.146 e. The van der Waals surface area contributed by atoms with Crippen molar-refractivity contribution < 1.29 is 0 Å². The summed E-state index contributed by atoms with van der Waals surface area (Å²) in [6.45, 7) is 8.86. The summed E-state index contributed by atoms with van der Waals surface area (Å²) in [6.07, 6.45) is 4.27. The molecule has 4 nitrogen and oxygen atoms in total. The molecule has 0 saturated heterocycles. The minimum absolute atomic E-state index is 0.138. The first-order valence-electron chi connectivity index (χ1n) is 20.2. The summed E-state index contributed by atoms with van der Waals surface area (Å²) in [5.41, 5.74) is 10.3. The molecule has 10 aromatic rings. The van der Waals surface area contributed by atoms with Crippen LogP contribution < -0.4 is 18.1 Å². The summed E-state index contributed by atoms with van der Waals surface area (Å²) in [4.78, 5) is 7.04. The van der Waals surface area contributed by atoms with Gasteiger partial charge in [0, 0.05) is 69.6 Å². The Hall–Kier alpha value is -6.70. The fraction of sp³-hybridized carbons (Fsp3) is 0.0741. The van der Waals surface area contributed by atoms with E-state index in [9.17, 15) is 21.0 Å². The number of fused-ring (bicyclic) bond motifs is 5. The zero-order valence-corrected chi connectivity index (χ0v) is 39.7. The van der Waals surface area contributed by atoms with Gasteiger partial charge < -0.3 is 0 Å². The number of nitriles is 4. The molecule has 0 aliphatic rings. The van der Waals surface area contributed by atoms with Crippen LogP contribution in [-0.2, 0) is 0 Å². The third kappa shape index (κ3) is 7.31. The first-order valence-corrected chi connectivity index (χ1v) is 25.1. The van der Waals surface area contributed by atoms with Crippen molar-refractivity contribution in [3.05, 3.63) is 159 Å². The molecule has 304 valence electrons. The lowest BCUT2D eigenvalue weighted by Crippen LogP contribution is -1.96. The Morgan fingerprint density at radius 2 is 0.797 bits per heavy atom. The molecule has 6 aromatic heterocycles. The van der Waals surface area contributed by atoms with Crippen LogP contribution in [-0.4, -0.2) is 0 Å². The average Bonchev–Trinajstić information content (AvgIpc) is 4.14. The highest BCUT2D eigenvalue weighted by Crippen LogP contribution is 2.51. The summed E-state index contributed by atoms with van der Waals surface area (Å²) in [7, 11) is 0. The molecule has 0 amide bonds. The molecule has 0 fully saturated rings. The van der Waals surface area contributed by atoms with E-state index in [0.29, 0.717) is 9.06 Å². The van der Waals surface area contributed by atoms with Gasteiger partial charge in [0.1, 0.15) is 35.4 Å². The molecule has 0 aliphatic heterocycles. The van der Waals surface area contributed by atoms with E-state index in [-0.39, 0.29) is 11.1 Å². The predicted octanol–water partition coefficient (Wildman–Crippen LogP) is 13.5. The Bertz CT molecular complexity index is 3680. The molecule has 0 spiro atoms. The minimum atomic E-state index is 0.138. The number of thiophene rings is 6. The van der Waals surface area contributed by atoms with E-state index in [1.54, 1.807) is 22.7 Å². The molecule has 0 atom stereocenters. The third-order valence-electron chi connectivity index (χ3n) is 11.4. The van der Waals surface area contributed by atoms with Crippen LogP contribution in [0.3, 0.4) is 0 Å². The highest BCUT2D eigenvalue weighted by atomic mass is 32.1. The fourth-order valence-electron chi connectivity index (χ4n) is 8.50. The van der Waals surface area contributed by atoms with Gasteiger partial charge in [-0.05, 0) is 157 Å². The van der Waals surface area contributed by atoms with Gasteiger partial charge in [0.25, 0.3) is 0 Å². The van der Waals surface area contributed by atoms with Crippen molar-refractivity contribution >= 4 is 122 Å². The predicted molar refractivity (Wildman–Crippen MR) is 275 cm³/mol. The Morgan fingerprint density at radius 1 is 0.406 bits per heavy atom. The maximum atomic E-state index is 9.40. The Kier molecular flexibility index (Phi) is 10.8. The van der Waals surface area contributed by atoms with Crippen LogP contribution >= 0.6 is 68.0 Å².